The van der Waals surface area contributed by atoms with E-state index in [1.165, 1.54) is 13.3 Å². The minimum Gasteiger partial charge on any atom is -0.339 e. The number of fused-ring (bicyclic) bond motifs is 1. The maximum atomic E-state index is 12.1. The normalized spacial score (nSPS) is 33.4. The predicted octanol–water partition coefficient (Wildman–Crippen LogP) is 1.03. The SMILES string of the molecule is CC(=O)NC1=C[C@@H]2OC3(CCCCC3)O[C@@H]2C1=O. The molecule has 0 aromatic rings. The Hall–Kier alpha value is -1.20. The van der Waals surface area contributed by atoms with Crippen molar-refractivity contribution in [2.24, 2.45) is 0 Å². The summed E-state index contributed by atoms with van der Waals surface area (Å²) in [5, 5.41) is 2.52. The first kappa shape index (κ1) is 11.9. The number of ketones is 1. The topological polar surface area (TPSA) is 64.6 Å². The largest absolute Gasteiger partial charge is 0.339 e. The Kier molecular flexibility index (Phi) is 2.75. The second-order valence-electron chi connectivity index (χ2n) is 5.22. The van der Waals surface area contributed by atoms with Gasteiger partial charge in [-0.05, 0) is 18.9 Å². The Morgan fingerprint density at radius 1 is 1.33 bits per heavy atom. The third-order valence-electron chi connectivity index (χ3n) is 3.77. The van der Waals surface area contributed by atoms with Crippen molar-refractivity contribution in [2.45, 2.75) is 57.0 Å². The van der Waals surface area contributed by atoms with Gasteiger partial charge in [0.15, 0.2) is 11.9 Å². The van der Waals surface area contributed by atoms with Gasteiger partial charge in [-0.3, -0.25) is 9.59 Å². The monoisotopic (exact) mass is 251 g/mol. The van der Waals surface area contributed by atoms with Gasteiger partial charge in [0.05, 0.1) is 5.70 Å². The average molecular weight is 251 g/mol. The highest BCUT2D eigenvalue weighted by Gasteiger charge is 2.53. The highest BCUT2D eigenvalue weighted by Crippen LogP contribution is 2.43. The lowest BCUT2D eigenvalue weighted by molar-refractivity contribution is -0.193. The maximum Gasteiger partial charge on any atom is 0.221 e. The zero-order valence-corrected chi connectivity index (χ0v) is 10.4. The second-order valence-corrected chi connectivity index (χ2v) is 5.22. The summed E-state index contributed by atoms with van der Waals surface area (Å²) in [6.45, 7) is 1.38. The van der Waals surface area contributed by atoms with E-state index in [9.17, 15) is 9.59 Å². The molecule has 18 heavy (non-hydrogen) atoms. The molecule has 1 heterocycles. The molecular formula is C13H17NO4. The first-order valence-corrected chi connectivity index (χ1v) is 6.49. The first-order valence-electron chi connectivity index (χ1n) is 6.49. The molecule has 98 valence electrons. The van der Waals surface area contributed by atoms with Crippen molar-refractivity contribution in [1.82, 2.24) is 5.32 Å². The average Bonchev–Trinajstić information content (AvgIpc) is 2.78. The van der Waals surface area contributed by atoms with Crippen molar-refractivity contribution in [2.75, 3.05) is 0 Å². The third-order valence-corrected chi connectivity index (χ3v) is 3.77. The van der Waals surface area contributed by atoms with Crippen molar-refractivity contribution in [3.63, 3.8) is 0 Å². The van der Waals surface area contributed by atoms with Crippen molar-refractivity contribution < 1.29 is 19.1 Å². The Morgan fingerprint density at radius 3 is 2.67 bits per heavy atom. The molecule has 0 radical (unpaired) electrons. The van der Waals surface area contributed by atoms with E-state index in [0.29, 0.717) is 5.70 Å². The standard InChI is InChI=1S/C13H17NO4/c1-8(15)14-9-7-10-12(11(9)16)18-13(17-10)5-3-2-4-6-13/h7,10,12H,2-6H2,1H3,(H,14,15)/t10-,12-/m0/s1. The molecule has 0 aromatic carbocycles. The van der Waals surface area contributed by atoms with E-state index in [2.05, 4.69) is 5.32 Å². The summed E-state index contributed by atoms with van der Waals surface area (Å²) in [4.78, 5) is 23.0. The maximum absolute atomic E-state index is 12.1. The lowest BCUT2D eigenvalue weighted by Gasteiger charge is -2.32. The van der Waals surface area contributed by atoms with Gasteiger partial charge < -0.3 is 14.8 Å². The number of hydrogen-bond donors (Lipinski definition) is 1. The van der Waals surface area contributed by atoms with Crippen LogP contribution in [-0.2, 0) is 19.1 Å². The van der Waals surface area contributed by atoms with E-state index in [0.717, 1.165) is 25.7 Å². The highest BCUT2D eigenvalue weighted by molar-refractivity contribution is 6.04. The summed E-state index contributed by atoms with van der Waals surface area (Å²) >= 11 is 0. The summed E-state index contributed by atoms with van der Waals surface area (Å²) in [5.74, 6) is -0.971. The number of hydrogen-bond acceptors (Lipinski definition) is 4. The minimum atomic E-state index is -0.565. The number of ether oxygens (including phenoxy) is 2. The summed E-state index contributed by atoms with van der Waals surface area (Å²) in [7, 11) is 0. The van der Waals surface area contributed by atoms with Crippen LogP contribution in [0.15, 0.2) is 11.8 Å². The number of carbonyl (C=O) groups is 2. The van der Waals surface area contributed by atoms with Gasteiger partial charge in [0.1, 0.15) is 6.10 Å². The quantitative estimate of drug-likeness (QED) is 0.756. The van der Waals surface area contributed by atoms with E-state index < -0.39 is 11.9 Å². The van der Waals surface area contributed by atoms with Gasteiger partial charge in [-0.1, -0.05) is 6.42 Å². The van der Waals surface area contributed by atoms with Crippen LogP contribution in [0.1, 0.15) is 39.0 Å². The molecule has 0 unspecified atom stereocenters. The van der Waals surface area contributed by atoms with E-state index in [1.54, 1.807) is 6.08 Å². The number of carbonyl (C=O) groups excluding carboxylic acids is 2. The number of rotatable bonds is 1. The fourth-order valence-corrected chi connectivity index (χ4v) is 2.98. The Morgan fingerprint density at radius 2 is 2.06 bits per heavy atom. The molecule has 5 nitrogen and oxygen atoms in total. The fraction of sp³-hybridized carbons (Fsp3) is 0.692. The van der Waals surface area contributed by atoms with Crippen LogP contribution in [-0.4, -0.2) is 29.7 Å². The minimum absolute atomic E-state index is 0.169. The molecule has 1 spiro atoms. The zero-order chi connectivity index (χ0) is 12.8. The Bertz CT molecular complexity index is 423. The van der Waals surface area contributed by atoms with Crippen molar-refractivity contribution in [3.8, 4) is 0 Å². The van der Waals surface area contributed by atoms with E-state index in [4.69, 9.17) is 9.47 Å². The number of nitrogens with one attached hydrogen (secondary N) is 1. The van der Waals surface area contributed by atoms with Crippen LogP contribution in [0.3, 0.4) is 0 Å². The molecule has 2 atom stereocenters. The molecule has 1 saturated carbocycles. The fourth-order valence-electron chi connectivity index (χ4n) is 2.98. The smallest absolute Gasteiger partial charge is 0.221 e. The van der Waals surface area contributed by atoms with Crippen molar-refractivity contribution >= 4 is 11.7 Å². The van der Waals surface area contributed by atoms with Gasteiger partial charge in [0.25, 0.3) is 0 Å². The molecule has 1 amide bonds. The van der Waals surface area contributed by atoms with Crippen molar-refractivity contribution in [3.05, 3.63) is 11.8 Å². The van der Waals surface area contributed by atoms with Gasteiger partial charge in [0, 0.05) is 19.8 Å². The molecule has 3 aliphatic rings. The molecule has 0 bridgehead atoms. The zero-order valence-electron chi connectivity index (χ0n) is 10.4. The predicted molar refractivity (Wildman–Crippen MR) is 62.5 cm³/mol. The van der Waals surface area contributed by atoms with Crippen LogP contribution in [0.25, 0.3) is 0 Å². The summed E-state index contributed by atoms with van der Waals surface area (Å²) in [5.41, 5.74) is 0.308. The molecule has 2 fully saturated rings. The number of Topliss-reactive ketones (excluding diaryl/α,β-unsaturated/α-hetero) is 1. The highest BCUT2D eigenvalue weighted by atomic mass is 16.8. The van der Waals surface area contributed by atoms with Crippen LogP contribution in [0.2, 0.25) is 0 Å². The molecule has 1 saturated heterocycles. The molecular weight excluding hydrogens is 234 g/mol. The molecule has 5 heteroatoms. The van der Waals surface area contributed by atoms with Crippen LogP contribution in [0.4, 0.5) is 0 Å². The molecule has 3 rings (SSSR count). The Balaban J connectivity index is 1.75. The van der Waals surface area contributed by atoms with Crippen LogP contribution in [0, 0.1) is 0 Å². The lowest BCUT2D eigenvalue weighted by atomic mass is 9.94. The van der Waals surface area contributed by atoms with E-state index in [-0.39, 0.29) is 17.8 Å². The Labute approximate surface area is 106 Å². The first-order chi connectivity index (χ1) is 8.60. The molecule has 0 aromatic heterocycles. The summed E-state index contributed by atoms with van der Waals surface area (Å²) in [6.07, 6.45) is 5.85. The van der Waals surface area contributed by atoms with E-state index >= 15 is 0 Å². The van der Waals surface area contributed by atoms with Gasteiger partial charge in [-0.15, -0.1) is 0 Å². The van der Waals surface area contributed by atoms with Gasteiger partial charge in [-0.2, -0.15) is 0 Å². The van der Waals surface area contributed by atoms with E-state index in [1.807, 2.05) is 0 Å². The molecule has 1 N–H and O–H groups in total. The molecule has 1 aliphatic heterocycles. The van der Waals surface area contributed by atoms with Crippen LogP contribution < -0.4 is 5.32 Å². The van der Waals surface area contributed by atoms with Gasteiger partial charge in [-0.25, -0.2) is 0 Å². The second kappa shape index (κ2) is 4.17. The van der Waals surface area contributed by atoms with Crippen LogP contribution >= 0.6 is 0 Å². The van der Waals surface area contributed by atoms with Gasteiger partial charge >= 0.3 is 0 Å². The molecule has 2 aliphatic carbocycles. The lowest BCUT2D eigenvalue weighted by Crippen LogP contribution is -2.36. The summed E-state index contributed by atoms with van der Waals surface area (Å²) in [6, 6.07) is 0. The van der Waals surface area contributed by atoms with Crippen molar-refractivity contribution in [1.29, 1.82) is 0 Å². The summed E-state index contributed by atoms with van der Waals surface area (Å²) < 4.78 is 11.8. The van der Waals surface area contributed by atoms with Gasteiger partial charge in [0.2, 0.25) is 11.7 Å². The third kappa shape index (κ3) is 1.87. The number of amides is 1. The van der Waals surface area contributed by atoms with Crippen LogP contribution in [0.5, 0.6) is 0 Å².